The Morgan fingerprint density at radius 3 is 1.81 bits per heavy atom. The van der Waals surface area contributed by atoms with Crippen molar-refractivity contribution >= 4 is 23.3 Å². The molecule has 0 aromatic heterocycles. The lowest BCUT2D eigenvalue weighted by Gasteiger charge is -2.36. The van der Waals surface area contributed by atoms with Gasteiger partial charge in [-0.1, -0.05) is 11.8 Å². The number of rotatable bonds is 5. The number of hydrogen-bond acceptors (Lipinski definition) is 7. The number of urea groups is 1. The molecule has 2 saturated heterocycles. The number of hydrogen-bond donors (Lipinski definition) is 4. The average molecular weight is 507 g/mol. The third kappa shape index (κ3) is 6.92. The molecule has 0 saturated carbocycles. The van der Waals surface area contributed by atoms with Crippen LogP contribution in [-0.2, 0) is 9.53 Å². The minimum atomic E-state index is -1.01. The highest BCUT2D eigenvalue weighted by Crippen LogP contribution is 2.18. The summed E-state index contributed by atoms with van der Waals surface area (Å²) >= 11 is 0. The van der Waals surface area contributed by atoms with Gasteiger partial charge in [0, 0.05) is 67.8 Å². The first-order chi connectivity index (χ1) is 17.9. The molecule has 0 unspecified atom stereocenters. The second-order valence-electron chi connectivity index (χ2n) is 9.18. The molecule has 2 aliphatic heterocycles. The molecule has 2 aliphatic rings. The van der Waals surface area contributed by atoms with Crippen LogP contribution in [0.2, 0.25) is 0 Å². The van der Waals surface area contributed by atoms with Crippen molar-refractivity contribution in [3.05, 3.63) is 59.7 Å². The van der Waals surface area contributed by atoms with Crippen LogP contribution >= 0.6 is 0 Å². The van der Waals surface area contributed by atoms with E-state index in [1.807, 2.05) is 24.3 Å². The van der Waals surface area contributed by atoms with E-state index >= 15 is 0 Å². The molecule has 2 heterocycles. The Hall–Kier alpha value is -3.78. The van der Waals surface area contributed by atoms with E-state index in [0.29, 0.717) is 26.2 Å². The second-order valence-corrected chi connectivity index (χ2v) is 9.18. The van der Waals surface area contributed by atoms with Crippen molar-refractivity contribution in [1.29, 1.82) is 0 Å². The molecule has 0 radical (unpaired) electrons. The highest BCUT2D eigenvalue weighted by molar-refractivity contribution is 5.87. The summed E-state index contributed by atoms with van der Waals surface area (Å²) < 4.78 is 5.42. The molecule has 37 heavy (non-hydrogen) atoms. The summed E-state index contributed by atoms with van der Waals surface area (Å²) in [5, 5.41) is 11.5. The summed E-state index contributed by atoms with van der Waals surface area (Å²) in [5.74, 6) is 5.72. The smallest absolute Gasteiger partial charge is 0.318 e. The van der Waals surface area contributed by atoms with Gasteiger partial charge in [-0.05, 0) is 55.5 Å². The molecule has 3 amide bonds. The van der Waals surface area contributed by atoms with Crippen molar-refractivity contribution < 1.29 is 19.5 Å². The maximum Gasteiger partial charge on any atom is 0.318 e. The van der Waals surface area contributed by atoms with Gasteiger partial charge in [-0.2, -0.15) is 0 Å². The predicted octanol–water partition coefficient (Wildman–Crippen LogP) is 0.976. The van der Waals surface area contributed by atoms with Crippen LogP contribution in [0.25, 0.3) is 0 Å². The fourth-order valence-corrected chi connectivity index (χ4v) is 4.37. The van der Waals surface area contributed by atoms with Crippen LogP contribution < -0.4 is 26.3 Å². The van der Waals surface area contributed by atoms with Gasteiger partial charge in [0.1, 0.15) is 6.04 Å². The molecule has 5 N–H and O–H groups in total. The van der Waals surface area contributed by atoms with Crippen molar-refractivity contribution in [2.45, 2.75) is 19.0 Å². The number of carbonyl (C=O) groups is 2. The number of piperazine rings is 1. The standard InChI is InChI=1S/C27H34N6O4/c1-20(28)25(26(34)30-36)29-27(35)33-14-12-31(13-15-33)23-8-4-21(5-9-23)2-3-22-6-10-24(11-7-22)32-16-18-37-19-17-32/h4-11,20,25,36H,12-19,28H2,1H3,(H,29,35)(H,30,34)/t20-,25+/m1/s1. The van der Waals surface area contributed by atoms with E-state index in [-0.39, 0.29) is 6.03 Å². The lowest BCUT2D eigenvalue weighted by atomic mass is 10.1. The van der Waals surface area contributed by atoms with Gasteiger partial charge in [0.05, 0.1) is 13.2 Å². The van der Waals surface area contributed by atoms with Crippen molar-refractivity contribution in [3.63, 3.8) is 0 Å². The third-order valence-corrected chi connectivity index (χ3v) is 6.59. The molecule has 196 valence electrons. The first-order valence-corrected chi connectivity index (χ1v) is 12.5. The fourth-order valence-electron chi connectivity index (χ4n) is 4.37. The normalized spacial score (nSPS) is 17.3. The summed E-state index contributed by atoms with van der Waals surface area (Å²) in [6.07, 6.45) is 0. The van der Waals surface area contributed by atoms with Gasteiger partial charge >= 0.3 is 6.03 Å². The number of ether oxygens (including phenoxy) is 1. The topological polar surface area (TPSA) is 123 Å². The Morgan fingerprint density at radius 2 is 1.35 bits per heavy atom. The molecule has 2 atom stereocenters. The minimum absolute atomic E-state index is 0.380. The SMILES string of the molecule is C[C@@H](N)[C@H](NC(=O)N1CCN(c2ccc(C#Cc3ccc(N4CCOCC4)cc3)cc2)CC1)C(=O)NO. The summed E-state index contributed by atoms with van der Waals surface area (Å²) in [4.78, 5) is 30.5. The number of benzene rings is 2. The van der Waals surface area contributed by atoms with Crippen molar-refractivity contribution in [2.24, 2.45) is 5.73 Å². The van der Waals surface area contributed by atoms with E-state index in [4.69, 9.17) is 15.7 Å². The molecule has 2 aromatic carbocycles. The molecular weight excluding hydrogens is 472 g/mol. The van der Waals surface area contributed by atoms with Gasteiger partial charge < -0.3 is 30.5 Å². The van der Waals surface area contributed by atoms with E-state index in [2.05, 4.69) is 51.2 Å². The zero-order valence-electron chi connectivity index (χ0n) is 21.0. The Labute approximate surface area is 217 Å². The number of nitrogens with zero attached hydrogens (tertiary/aromatic N) is 3. The van der Waals surface area contributed by atoms with Crippen molar-refractivity contribution in [2.75, 3.05) is 62.3 Å². The van der Waals surface area contributed by atoms with Crippen molar-refractivity contribution in [1.82, 2.24) is 15.7 Å². The molecule has 0 aliphatic carbocycles. The summed E-state index contributed by atoms with van der Waals surface area (Å²) in [6, 6.07) is 14.4. The van der Waals surface area contributed by atoms with Crippen LogP contribution in [0.15, 0.2) is 48.5 Å². The Balaban J connectivity index is 1.28. The Bertz CT molecular complexity index is 1110. The first kappa shape index (κ1) is 26.3. The maximum absolute atomic E-state index is 12.6. The summed E-state index contributed by atoms with van der Waals surface area (Å²) in [5.41, 5.74) is 11.5. The lowest BCUT2D eigenvalue weighted by molar-refractivity contribution is -0.131. The monoisotopic (exact) mass is 506 g/mol. The van der Waals surface area contributed by atoms with Crippen LogP contribution in [0.1, 0.15) is 18.1 Å². The number of hydroxylamine groups is 1. The van der Waals surface area contributed by atoms with Crippen LogP contribution in [0, 0.1) is 11.8 Å². The minimum Gasteiger partial charge on any atom is -0.378 e. The average Bonchev–Trinajstić information content (AvgIpc) is 2.95. The summed E-state index contributed by atoms with van der Waals surface area (Å²) in [6.45, 7) is 7.26. The van der Waals surface area contributed by atoms with Crippen LogP contribution in [0.4, 0.5) is 16.2 Å². The van der Waals surface area contributed by atoms with E-state index in [1.54, 1.807) is 17.3 Å². The van der Waals surface area contributed by atoms with Crippen LogP contribution in [0.3, 0.4) is 0 Å². The maximum atomic E-state index is 12.6. The zero-order chi connectivity index (χ0) is 26.2. The Morgan fingerprint density at radius 1 is 0.865 bits per heavy atom. The molecule has 4 rings (SSSR count). The van der Waals surface area contributed by atoms with Crippen LogP contribution in [0.5, 0.6) is 0 Å². The number of nitrogens with two attached hydrogens (primary N) is 1. The molecule has 10 heteroatoms. The van der Waals surface area contributed by atoms with E-state index in [9.17, 15) is 9.59 Å². The van der Waals surface area contributed by atoms with E-state index < -0.39 is 18.0 Å². The van der Waals surface area contributed by atoms with Gasteiger partial charge in [0.25, 0.3) is 5.91 Å². The number of morpholine rings is 1. The number of nitrogens with one attached hydrogen (secondary N) is 2. The predicted molar refractivity (Wildman–Crippen MR) is 142 cm³/mol. The third-order valence-electron chi connectivity index (χ3n) is 6.59. The fraction of sp³-hybridized carbons (Fsp3) is 0.407. The summed E-state index contributed by atoms with van der Waals surface area (Å²) in [7, 11) is 0. The number of carbonyl (C=O) groups excluding carboxylic acids is 2. The van der Waals surface area contributed by atoms with Crippen molar-refractivity contribution in [3.8, 4) is 11.8 Å². The zero-order valence-corrected chi connectivity index (χ0v) is 21.0. The molecule has 0 bridgehead atoms. The number of amides is 3. The molecule has 0 spiro atoms. The number of anilines is 2. The molecule has 10 nitrogen and oxygen atoms in total. The highest BCUT2D eigenvalue weighted by atomic mass is 16.5. The quantitative estimate of drug-likeness (QED) is 0.271. The van der Waals surface area contributed by atoms with Gasteiger partial charge in [0.2, 0.25) is 0 Å². The van der Waals surface area contributed by atoms with Gasteiger partial charge in [-0.3, -0.25) is 10.0 Å². The van der Waals surface area contributed by atoms with E-state index in [0.717, 1.165) is 43.1 Å². The van der Waals surface area contributed by atoms with Gasteiger partial charge in [-0.25, -0.2) is 10.3 Å². The molecule has 2 aromatic rings. The lowest BCUT2D eigenvalue weighted by Crippen LogP contribution is -2.59. The van der Waals surface area contributed by atoms with E-state index in [1.165, 1.54) is 5.69 Å². The Kier molecular flexibility index (Phi) is 8.85. The van der Waals surface area contributed by atoms with Crippen LogP contribution in [-0.4, -0.2) is 86.6 Å². The molecular formula is C27H34N6O4. The van der Waals surface area contributed by atoms with Gasteiger partial charge in [0.15, 0.2) is 0 Å². The molecule has 2 fully saturated rings. The highest BCUT2D eigenvalue weighted by Gasteiger charge is 2.28. The van der Waals surface area contributed by atoms with Gasteiger partial charge in [-0.15, -0.1) is 0 Å². The second kappa shape index (κ2) is 12.5. The largest absolute Gasteiger partial charge is 0.378 e. The first-order valence-electron chi connectivity index (χ1n) is 12.5.